The van der Waals surface area contributed by atoms with Crippen LogP contribution in [0.2, 0.25) is 0 Å². The van der Waals surface area contributed by atoms with Gasteiger partial charge >= 0.3 is 6.09 Å². The first kappa shape index (κ1) is 12.9. The number of rotatable bonds is 4. The molecule has 98 valence electrons. The summed E-state index contributed by atoms with van der Waals surface area (Å²) in [4.78, 5) is 13.5. The number of nitrogens with zero attached hydrogens (tertiary/aromatic N) is 1. The second kappa shape index (κ2) is 5.01. The predicted molar refractivity (Wildman–Crippen MR) is 73.0 cm³/mol. The Labute approximate surface area is 109 Å². The summed E-state index contributed by atoms with van der Waals surface area (Å²) in [6.45, 7) is 6.67. The molecule has 0 atom stereocenters. The Morgan fingerprint density at radius 2 is 1.94 bits per heavy atom. The molecule has 0 unspecified atom stereocenters. The van der Waals surface area contributed by atoms with E-state index in [1.165, 1.54) is 18.4 Å². The van der Waals surface area contributed by atoms with Gasteiger partial charge in [0, 0.05) is 5.69 Å². The fourth-order valence-electron chi connectivity index (χ4n) is 2.26. The third kappa shape index (κ3) is 2.50. The van der Waals surface area contributed by atoms with E-state index in [4.69, 9.17) is 4.74 Å². The molecule has 1 aromatic rings. The van der Waals surface area contributed by atoms with E-state index in [0.29, 0.717) is 6.61 Å². The maximum Gasteiger partial charge on any atom is 0.414 e. The van der Waals surface area contributed by atoms with Crippen molar-refractivity contribution >= 4 is 11.8 Å². The minimum atomic E-state index is -0.262. The van der Waals surface area contributed by atoms with Crippen LogP contribution in [0.25, 0.3) is 0 Å². The van der Waals surface area contributed by atoms with Gasteiger partial charge in [0.25, 0.3) is 0 Å². The van der Waals surface area contributed by atoms with Gasteiger partial charge in [-0.05, 0) is 44.4 Å². The summed E-state index contributed by atoms with van der Waals surface area (Å²) in [5, 5.41) is 0. The monoisotopic (exact) mass is 247 g/mol. The van der Waals surface area contributed by atoms with Gasteiger partial charge in [0.2, 0.25) is 0 Å². The van der Waals surface area contributed by atoms with E-state index in [0.717, 1.165) is 12.1 Å². The van der Waals surface area contributed by atoms with Gasteiger partial charge in [-0.25, -0.2) is 4.79 Å². The zero-order chi connectivity index (χ0) is 13.2. The van der Waals surface area contributed by atoms with Crippen molar-refractivity contribution in [2.75, 3.05) is 11.5 Å². The van der Waals surface area contributed by atoms with Gasteiger partial charge in [0.1, 0.15) is 6.61 Å². The van der Waals surface area contributed by atoms with Crippen LogP contribution < -0.4 is 4.90 Å². The molecule has 3 nitrogen and oxygen atoms in total. The summed E-state index contributed by atoms with van der Waals surface area (Å²) < 4.78 is 5.12. The number of ether oxygens (including phenoxy) is 1. The number of cyclic esters (lactones) is 1. The second-order valence-electron chi connectivity index (χ2n) is 5.47. The third-order valence-corrected chi connectivity index (χ3v) is 3.35. The largest absolute Gasteiger partial charge is 0.447 e. The molecule has 1 saturated heterocycles. The van der Waals surface area contributed by atoms with Crippen LogP contribution in [0.4, 0.5) is 10.5 Å². The lowest BCUT2D eigenvalue weighted by atomic mass is 10.0. The molecule has 0 aromatic heterocycles. The Kier molecular flexibility index (Phi) is 3.60. The molecule has 1 amide bonds. The van der Waals surface area contributed by atoms with E-state index in [2.05, 4.69) is 19.1 Å². The summed E-state index contributed by atoms with van der Waals surface area (Å²) in [7, 11) is 0. The number of hydrogen-bond acceptors (Lipinski definition) is 2. The standard InChI is InChI=1S/C15H21NO2/c1-4-5-6-12-7-9-13(10-8-12)16-14(17)18-11-15(16,2)3/h7-10H,4-6,11H2,1-3H3. The molecule has 2 rings (SSSR count). The van der Waals surface area contributed by atoms with Gasteiger partial charge in [-0.1, -0.05) is 25.5 Å². The maximum atomic E-state index is 11.8. The summed E-state index contributed by atoms with van der Waals surface area (Å²) in [5.41, 5.74) is 1.98. The number of carbonyl (C=O) groups excluding carboxylic acids is 1. The van der Waals surface area contributed by atoms with Crippen LogP contribution in [0, 0.1) is 0 Å². The highest BCUT2D eigenvalue weighted by Crippen LogP contribution is 2.30. The number of aryl methyl sites for hydroxylation is 1. The summed E-state index contributed by atoms with van der Waals surface area (Å²) in [6, 6.07) is 8.23. The molecule has 18 heavy (non-hydrogen) atoms. The molecule has 1 aliphatic rings. The van der Waals surface area contributed by atoms with Gasteiger partial charge in [0.05, 0.1) is 5.54 Å². The van der Waals surface area contributed by atoms with E-state index < -0.39 is 0 Å². The summed E-state index contributed by atoms with van der Waals surface area (Å²) in [5.74, 6) is 0. The molecular formula is C15H21NO2. The minimum Gasteiger partial charge on any atom is -0.447 e. The zero-order valence-electron chi connectivity index (χ0n) is 11.4. The molecule has 0 aliphatic carbocycles. The lowest BCUT2D eigenvalue weighted by molar-refractivity contribution is 0.175. The molecule has 3 heteroatoms. The number of hydrogen-bond donors (Lipinski definition) is 0. The van der Waals surface area contributed by atoms with Gasteiger partial charge in [-0.15, -0.1) is 0 Å². The van der Waals surface area contributed by atoms with Crippen molar-refractivity contribution in [3.63, 3.8) is 0 Å². The first-order chi connectivity index (χ1) is 8.54. The lowest BCUT2D eigenvalue weighted by Crippen LogP contribution is -2.42. The van der Waals surface area contributed by atoms with Crippen molar-refractivity contribution in [1.29, 1.82) is 0 Å². The molecular weight excluding hydrogens is 226 g/mol. The number of amides is 1. The van der Waals surface area contributed by atoms with Crippen LogP contribution >= 0.6 is 0 Å². The zero-order valence-corrected chi connectivity index (χ0v) is 11.4. The number of anilines is 1. The van der Waals surface area contributed by atoms with Gasteiger partial charge in [-0.3, -0.25) is 4.90 Å². The number of benzene rings is 1. The van der Waals surface area contributed by atoms with E-state index in [9.17, 15) is 4.79 Å². The second-order valence-corrected chi connectivity index (χ2v) is 5.47. The molecule has 0 spiro atoms. The van der Waals surface area contributed by atoms with E-state index >= 15 is 0 Å². The molecule has 1 aromatic carbocycles. The van der Waals surface area contributed by atoms with Crippen LogP contribution in [0.3, 0.4) is 0 Å². The van der Waals surface area contributed by atoms with Gasteiger partial charge in [0.15, 0.2) is 0 Å². The Morgan fingerprint density at radius 3 is 2.44 bits per heavy atom. The van der Waals surface area contributed by atoms with Crippen LogP contribution in [-0.4, -0.2) is 18.2 Å². The maximum absolute atomic E-state index is 11.8. The normalized spacial score (nSPS) is 17.9. The summed E-state index contributed by atoms with van der Waals surface area (Å²) in [6.07, 6.45) is 3.26. The van der Waals surface area contributed by atoms with Crippen molar-refractivity contribution in [2.24, 2.45) is 0 Å². The first-order valence-electron chi connectivity index (χ1n) is 6.60. The Morgan fingerprint density at radius 1 is 1.28 bits per heavy atom. The lowest BCUT2D eigenvalue weighted by Gasteiger charge is -2.27. The minimum absolute atomic E-state index is 0.249. The van der Waals surface area contributed by atoms with Crippen molar-refractivity contribution in [2.45, 2.75) is 45.6 Å². The SMILES string of the molecule is CCCCc1ccc(N2C(=O)OCC2(C)C)cc1. The fourth-order valence-corrected chi connectivity index (χ4v) is 2.26. The van der Waals surface area contributed by atoms with Crippen LogP contribution in [0.5, 0.6) is 0 Å². The fraction of sp³-hybridized carbons (Fsp3) is 0.533. The number of unbranched alkanes of at least 4 members (excludes halogenated alkanes) is 1. The molecule has 0 saturated carbocycles. The average Bonchev–Trinajstić information content (AvgIpc) is 2.62. The molecule has 1 heterocycles. The Hall–Kier alpha value is -1.51. The third-order valence-electron chi connectivity index (χ3n) is 3.35. The Bertz CT molecular complexity index is 423. The van der Waals surface area contributed by atoms with Gasteiger partial charge in [-0.2, -0.15) is 0 Å². The summed E-state index contributed by atoms with van der Waals surface area (Å²) >= 11 is 0. The molecule has 0 N–H and O–H groups in total. The molecule has 0 radical (unpaired) electrons. The average molecular weight is 247 g/mol. The van der Waals surface area contributed by atoms with Crippen molar-refractivity contribution in [1.82, 2.24) is 0 Å². The van der Waals surface area contributed by atoms with Crippen LogP contribution in [0.1, 0.15) is 39.2 Å². The highest BCUT2D eigenvalue weighted by Gasteiger charge is 2.40. The molecule has 1 aliphatic heterocycles. The van der Waals surface area contributed by atoms with E-state index in [1.54, 1.807) is 4.90 Å². The number of carbonyl (C=O) groups is 1. The van der Waals surface area contributed by atoms with Gasteiger partial charge < -0.3 is 4.74 Å². The quantitative estimate of drug-likeness (QED) is 0.810. The first-order valence-corrected chi connectivity index (χ1v) is 6.60. The van der Waals surface area contributed by atoms with Crippen molar-refractivity contribution in [3.05, 3.63) is 29.8 Å². The molecule has 1 fully saturated rings. The highest BCUT2D eigenvalue weighted by atomic mass is 16.6. The van der Waals surface area contributed by atoms with Crippen LogP contribution in [0.15, 0.2) is 24.3 Å². The molecule has 0 bridgehead atoms. The highest BCUT2D eigenvalue weighted by molar-refractivity contribution is 5.91. The van der Waals surface area contributed by atoms with Crippen molar-refractivity contribution < 1.29 is 9.53 Å². The smallest absolute Gasteiger partial charge is 0.414 e. The van der Waals surface area contributed by atoms with E-state index in [1.807, 2.05) is 26.0 Å². The van der Waals surface area contributed by atoms with Crippen molar-refractivity contribution in [3.8, 4) is 0 Å². The Balaban J connectivity index is 2.16. The van der Waals surface area contributed by atoms with Crippen LogP contribution in [-0.2, 0) is 11.2 Å². The topological polar surface area (TPSA) is 29.5 Å². The predicted octanol–water partition coefficient (Wildman–Crippen LogP) is 3.76. The van der Waals surface area contributed by atoms with E-state index in [-0.39, 0.29) is 11.6 Å².